The lowest BCUT2D eigenvalue weighted by molar-refractivity contribution is 0.0730. The molecule has 3 aromatic rings. The Kier molecular flexibility index (Phi) is 3.25. The second-order valence-corrected chi connectivity index (χ2v) is 5.57. The predicted octanol–water partition coefficient (Wildman–Crippen LogP) is 2.47. The topological polar surface area (TPSA) is 74.8 Å². The highest BCUT2D eigenvalue weighted by molar-refractivity contribution is 5.94. The lowest BCUT2D eigenvalue weighted by Gasteiger charge is -2.23. The SMILES string of the molecule is O=C(c1ccnnc1)N1CCC[C@H]1c1nc2ccc(F)cc2[nH]1. The lowest BCUT2D eigenvalue weighted by atomic mass is 10.2. The molecule has 1 aliphatic rings. The van der Waals surface area contributed by atoms with Crippen molar-refractivity contribution >= 4 is 16.9 Å². The molecule has 0 saturated carbocycles. The molecule has 1 amide bonds. The number of nitrogens with zero attached hydrogens (tertiary/aromatic N) is 4. The van der Waals surface area contributed by atoms with Gasteiger partial charge in [-0.25, -0.2) is 9.37 Å². The highest BCUT2D eigenvalue weighted by atomic mass is 19.1. The first-order valence-electron chi connectivity index (χ1n) is 7.45. The van der Waals surface area contributed by atoms with Crippen LogP contribution in [0.4, 0.5) is 4.39 Å². The summed E-state index contributed by atoms with van der Waals surface area (Å²) in [5, 5.41) is 7.45. The van der Waals surface area contributed by atoms with Gasteiger partial charge in [0.2, 0.25) is 0 Å². The van der Waals surface area contributed by atoms with Crippen LogP contribution in [0.1, 0.15) is 35.1 Å². The van der Waals surface area contributed by atoms with Crippen molar-refractivity contribution in [2.75, 3.05) is 6.54 Å². The fourth-order valence-electron chi connectivity index (χ4n) is 3.04. The molecule has 0 aliphatic carbocycles. The third-order valence-electron chi connectivity index (χ3n) is 4.12. The number of carbonyl (C=O) groups excluding carboxylic acids is 1. The molecule has 0 radical (unpaired) electrons. The van der Waals surface area contributed by atoms with E-state index < -0.39 is 0 Å². The Morgan fingerprint density at radius 2 is 2.22 bits per heavy atom. The van der Waals surface area contributed by atoms with Gasteiger partial charge < -0.3 is 9.88 Å². The smallest absolute Gasteiger partial charge is 0.256 e. The molecule has 1 saturated heterocycles. The van der Waals surface area contributed by atoms with Crippen LogP contribution in [0.25, 0.3) is 11.0 Å². The number of amides is 1. The summed E-state index contributed by atoms with van der Waals surface area (Å²) in [4.78, 5) is 22.1. The molecular formula is C16H14FN5O. The van der Waals surface area contributed by atoms with Gasteiger partial charge in [0, 0.05) is 6.54 Å². The van der Waals surface area contributed by atoms with Gasteiger partial charge >= 0.3 is 0 Å². The van der Waals surface area contributed by atoms with E-state index in [1.807, 2.05) is 0 Å². The van der Waals surface area contributed by atoms with Crippen molar-refractivity contribution in [3.8, 4) is 0 Å². The summed E-state index contributed by atoms with van der Waals surface area (Å²) in [7, 11) is 0. The summed E-state index contributed by atoms with van der Waals surface area (Å²) < 4.78 is 13.3. The Morgan fingerprint density at radius 3 is 3.04 bits per heavy atom. The van der Waals surface area contributed by atoms with Crippen molar-refractivity contribution in [3.63, 3.8) is 0 Å². The van der Waals surface area contributed by atoms with E-state index in [4.69, 9.17) is 0 Å². The zero-order chi connectivity index (χ0) is 15.8. The summed E-state index contributed by atoms with van der Waals surface area (Å²) in [6.45, 7) is 0.664. The Labute approximate surface area is 131 Å². The van der Waals surface area contributed by atoms with Gasteiger partial charge in [-0.15, -0.1) is 0 Å². The first-order chi connectivity index (χ1) is 11.2. The molecule has 1 fully saturated rings. The monoisotopic (exact) mass is 311 g/mol. The van der Waals surface area contributed by atoms with Crippen LogP contribution in [0.3, 0.4) is 0 Å². The van der Waals surface area contributed by atoms with E-state index in [0.717, 1.165) is 12.8 Å². The van der Waals surface area contributed by atoms with Crippen LogP contribution in [0.15, 0.2) is 36.7 Å². The van der Waals surface area contributed by atoms with E-state index in [-0.39, 0.29) is 17.8 Å². The van der Waals surface area contributed by atoms with E-state index in [1.54, 1.807) is 17.0 Å². The normalized spacial score (nSPS) is 17.8. The second-order valence-electron chi connectivity index (χ2n) is 5.57. The number of halogens is 1. The molecule has 1 atom stereocenters. The summed E-state index contributed by atoms with van der Waals surface area (Å²) in [5.74, 6) is 0.294. The number of carbonyl (C=O) groups is 1. The van der Waals surface area contributed by atoms with Crippen LogP contribution in [0.2, 0.25) is 0 Å². The highest BCUT2D eigenvalue weighted by Gasteiger charge is 2.32. The van der Waals surface area contributed by atoms with Gasteiger partial charge in [-0.3, -0.25) is 4.79 Å². The molecule has 1 aliphatic heterocycles. The quantitative estimate of drug-likeness (QED) is 0.789. The Hall–Kier alpha value is -2.83. The summed E-state index contributed by atoms with van der Waals surface area (Å²) >= 11 is 0. The molecule has 1 N–H and O–H groups in total. The molecule has 3 heterocycles. The Morgan fingerprint density at radius 1 is 1.30 bits per heavy atom. The van der Waals surface area contributed by atoms with Gasteiger partial charge in [0.05, 0.1) is 35.0 Å². The zero-order valence-electron chi connectivity index (χ0n) is 12.2. The maximum Gasteiger partial charge on any atom is 0.256 e. The average Bonchev–Trinajstić information content (AvgIpc) is 3.20. The van der Waals surface area contributed by atoms with Crippen LogP contribution >= 0.6 is 0 Å². The third kappa shape index (κ3) is 2.44. The number of imidazole rings is 1. The lowest BCUT2D eigenvalue weighted by Crippen LogP contribution is -2.31. The maximum atomic E-state index is 13.3. The van der Waals surface area contributed by atoms with Crippen molar-refractivity contribution in [3.05, 3.63) is 53.9 Å². The van der Waals surface area contributed by atoms with Crippen molar-refractivity contribution in [2.24, 2.45) is 0 Å². The summed E-state index contributed by atoms with van der Waals surface area (Å²) in [6.07, 6.45) is 4.70. The summed E-state index contributed by atoms with van der Waals surface area (Å²) in [5.41, 5.74) is 1.85. The fourth-order valence-corrected chi connectivity index (χ4v) is 3.04. The van der Waals surface area contributed by atoms with E-state index in [9.17, 15) is 9.18 Å². The molecule has 23 heavy (non-hydrogen) atoms. The first-order valence-corrected chi connectivity index (χ1v) is 7.45. The number of hydrogen-bond acceptors (Lipinski definition) is 4. The fraction of sp³-hybridized carbons (Fsp3) is 0.250. The molecule has 4 rings (SSSR count). The number of H-pyrrole nitrogens is 1. The van der Waals surface area contributed by atoms with E-state index in [2.05, 4.69) is 20.2 Å². The number of benzene rings is 1. The summed E-state index contributed by atoms with van der Waals surface area (Å²) in [6, 6.07) is 5.95. The minimum absolute atomic E-state index is 0.0889. The number of fused-ring (bicyclic) bond motifs is 1. The van der Waals surface area contributed by atoms with Gasteiger partial charge in [-0.1, -0.05) is 0 Å². The molecule has 0 spiro atoms. The number of aromatic nitrogens is 4. The zero-order valence-corrected chi connectivity index (χ0v) is 12.2. The predicted molar refractivity (Wildman–Crippen MR) is 81.1 cm³/mol. The minimum Gasteiger partial charge on any atom is -0.340 e. The van der Waals surface area contributed by atoms with Gasteiger partial charge in [-0.05, 0) is 37.1 Å². The van der Waals surface area contributed by atoms with E-state index >= 15 is 0 Å². The molecule has 6 nitrogen and oxygen atoms in total. The van der Waals surface area contributed by atoms with Crippen LogP contribution in [-0.2, 0) is 0 Å². The second kappa shape index (κ2) is 5.42. The van der Waals surface area contributed by atoms with Crippen molar-refractivity contribution in [1.29, 1.82) is 0 Å². The molecule has 0 bridgehead atoms. The van der Waals surface area contributed by atoms with E-state index in [1.165, 1.54) is 24.5 Å². The molecular weight excluding hydrogens is 297 g/mol. The Bertz CT molecular complexity index is 863. The van der Waals surface area contributed by atoms with Crippen LogP contribution in [0, 0.1) is 5.82 Å². The molecule has 7 heteroatoms. The van der Waals surface area contributed by atoms with Crippen molar-refractivity contribution in [2.45, 2.75) is 18.9 Å². The van der Waals surface area contributed by atoms with Gasteiger partial charge in [0.15, 0.2) is 0 Å². The number of nitrogens with one attached hydrogen (secondary N) is 1. The van der Waals surface area contributed by atoms with Crippen LogP contribution in [-0.4, -0.2) is 37.5 Å². The minimum atomic E-state index is -0.310. The number of aromatic amines is 1. The highest BCUT2D eigenvalue weighted by Crippen LogP contribution is 2.32. The largest absolute Gasteiger partial charge is 0.340 e. The molecule has 0 unspecified atom stereocenters. The molecule has 1 aromatic carbocycles. The average molecular weight is 311 g/mol. The first kappa shape index (κ1) is 13.8. The van der Waals surface area contributed by atoms with Crippen molar-refractivity contribution < 1.29 is 9.18 Å². The third-order valence-corrected chi connectivity index (χ3v) is 4.12. The van der Waals surface area contributed by atoms with Crippen LogP contribution < -0.4 is 0 Å². The standard InChI is InChI=1S/C16H14FN5O/c17-11-3-4-12-13(8-11)21-15(20-12)14-2-1-7-22(14)16(23)10-5-6-18-19-9-10/h3-6,8-9,14H,1-2,7H2,(H,20,21)/t14-/m0/s1. The number of hydrogen-bond donors (Lipinski definition) is 1. The molecule has 116 valence electrons. The van der Waals surface area contributed by atoms with Gasteiger partial charge in [0.25, 0.3) is 5.91 Å². The van der Waals surface area contributed by atoms with Crippen molar-refractivity contribution in [1.82, 2.24) is 25.1 Å². The number of likely N-dealkylation sites (tertiary alicyclic amines) is 1. The van der Waals surface area contributed by atoms with Gasteiger partial charge in [0.1, 0.15) is 11.6 Å². The van der Waals surface area contributed by atoms with Crippen LogP contribution in [0.5, 0.6) is 0 Å². The number of rotatable bonds is 2. The molecule has 2 aromatic heterocycles. The maximum absolute atomic E-state index is 13.3. The van der Waals surface area contributed by atoms with E-state index in [0.29, 0.717) is 29.0 Å². The van der Waals surface area contributed by atoms with Gasteiger partial charge in [-0.2, -0.15) is 10.2 Å². The Balaban J connectivity index is 1.67.